The van der Waals surface area contributed by atoms with Crippen LogP contribution in [-0.2, 0) is 11.0 Å². The van der Waals surface area contributed by atoms with Crippen LogP contribution in [0.3, 0.4) is 0 Å². The number of fused-ring (bicyclic) bond motifs is 1. The van der Waals surface area contributed by atoms with E-state index in [0.717, 1.165) is 17.8 Å². The van der Waals surface area contributed by atoms with Crippen LogP contribution in [0.1, 0.15) is 41.8 Å². The zero-order chi connectivity index (χ0) is 19.6. The highest BCUT2D eigenvalue weighted by Gasteiger charge is 2.33. The maximum Gasteiger partial charge on any atom is 0.417 e. The molecule has 0 radical (unpaired) electrons. The number of rotatable bonds is 4. The van der Waals surface area contributed by atoms with E-state index in [9.17, 15) is 18.0 Å². The van der Waals surface area contributed by atoms with E-state index >= 15 is 0 Å². The first kappa shape index (κ1) is 19.2. The van der Waals surface area contributed by atoms with Gasteiger partial charge in [-0.15, -0.1) is 0 Å². The van der Waals surface area contributed by atoms with Gasteiger partial charge in [0.25, 0.3) is 0 Å². The molecule has 2 aromatic rings. The zero-order valence-corrected chi connectivity index (χ0v) is 14.7. The van der Waals surface area contributed by atoms with Crippen molar-refractivity contribution in [2.24, 2.45) is 0 Å². The number of hydrogen-bond donors (Lipinski definition) is 1. The topological polar surface area (TPSA) is 64.1 Å². The molecule has 0 saturated heterocycles. The number of nitrogens with zero attached hydrogens (tertiary/aromatic N) is 2. The first-order chi connectivity index (χ1) is 12.8. The number of carbonyl (C=O) groups is 1. The number of pyridine rings is 2. The molecule has 1 aliphatic rings. The summed E-state index contributed by atoms with van der Waals surface area (Å²) in [5, 5.41) is 3.06. The molecule has 1 amide bonds. The van der Waals surface area contributed by atoms with Gasteiger partial charge in [0.1, 0.15) is 11.3 Å². The molecule has 1 aliphatic carbocycles. The highest BCUT2D eigenvalue weighted by Crippen LogP contribution is 2.38. The molecule has 2 aromatic heterocycles. The summed E-state index contributed by atoms with van der Waals surface area (Å²) in [6, 6.07) is 5.14. The fourth-order valence-corrected chi connectivity index (χ4v) is 3.04. The molecule has 0 fully saturated rings. The lowest BCUT2D eigenvalue weighted by Crippen LogP contribution is -2.32. The molecule has 2 heterocycles. The normalized spacial score (nSPS) is 19.1. The first-order valence-corrected chi connectivity index (χ1v) is 8.45. The van der Waals surface area contributed by atoms with Gasteiger partial charge >= 0.3 is 6.18 Å². The van der Waals surface area contributed by atoms with E-state index in [2.05, 4.69) is 21.9 Å². The lowest BCUT2D eigenvalue weighted by atomic mass is 9.89. The van der Waals surface area contributed by atoms with Gasteiger partial charge in [-0.2, -0.15) is 13.2 Å². The molecule has 2 unspecified atom stereocenters. The Bertz CT molecular complexity index is 856. The SMILES string of the molecule is C=CC(=O)NC1CCC(Oc2ccc(C(F)(F)F)cn2)c2nc(Cl)ccc21. The Morgan fingerprint density at radius 2 is 2.07 bits per heavy atom. The summed E-state index contributed by atoms with van der Waals surface area (Å²) in [5.41, 5.74) is 0.398. The molecule has 142 valence electrons. The van der Waals surface area contributed by atoms with Gasteiger partial charge in [0, 0.05) is 12.3 Å². The number of aromatic nitrogens is 2. The summed E-state index contributed by atoms with van der Waals surface area (Å²) in [5.74, 6) is -0.265. The highest BCUT2D eigenvalue weighted by molar-refractivity contribution is 6.29. The summed E-state index contributed by atoms with van der Waals surface area (Å²) in [4.78, 5) is 19.6. The Kier molecular flexibility index (Phi) is 5.36. The van der Waals surface area contributed by atoms with Crippen molar-refractivity contribution in [1.82, 2.24) is 15.3 Å². The van der Waals surface area contributed by atoms with E-state index in [-0.39, 0.29) is 23.0 Å². The van der Waals surface area contributed by atoms with Gasteiger partial charge in [0.15, 0.2) is 0 Å². The van der Waals surface area contributed by atoms with E-state index < -0.39 is 17.8 Å². The van der Waals surface area contributed by atoms with Gasteiger partial charge < -0.3 is 10.1 Å². The molecule has 9 heteroatoms. The number of nitrogens with one attached hydrogen (secondary N) is 1. The third kappa shape index (κ3) is 4.39. The van der Waals surface area contributed by atoms with Crippen LogP contribution in [0.4, 0.5) is 13.2 Å². The van der Waals surface area contributed by atoms with E-state index in [4.69, 9.17) is 16.3 Å². The third-order valence-electron chi connectivity index (χ3n) is 4.15. The van der Waals surface area contributed by atoms with Crippen molar-refractivity contribution in [3.8, 4) is 5.88 Å². The van der Waals surface area contributed by atoms with Crippen molar-refractivity contribution < 1.29 is 22.7 Å². The van der Waals surface area contributed by atoms with Crippen LogP contribution < -0.4 is 10.1 Å². The molecule has 5 nitrogen and oxygen atoms in total. The van der Waals surface area contributed by atoms with Crippen LogP contribution in [0.5, 0.6) is 5.88 Å². The maximum atomic E-state index is 12.6. The van der Waals surface area contributed by atoms with Gasteiger partial charge in [-0.05, 0) is 36.6 Å². The van der Waals surface area contributed by atoms with Crippen molar-refractivity contribution in [3.05, 3.63) is 65.1 Å². The minimum absolute atomic E-state index is 0.0503. The number of amides is 1. The van der Waals surface area contributed by atoms with Crippen LogP contribution in [0.15, 0.2) is 43.1 Å². The Balaban J connectivity index is 1.84. The largest absolute Gasteiger partial charge is 0.468 e. The lowest BCUT2D eigenvalue weighted by molar-refractivity contribution is -0.137. The second kappa shape index (κ2) is 7.56. The van der Waals surface area contributed by atoms with Crippen LogP contribution in [-0.4, -0.2) is 15.9 Å². The van der Waals surface area contributed by atoms with Crippen LogP contribution in [0, 0.1) is 0 Å². The summed E-state index contributed by atoms with van der Waals surface area (Å²) in [6.45, 7) is 3.43. The maximum absolute atomic E-state index is 12.6. The molecule has 1 N–H and O–H groups in total. The van der Waals surface area contributed by atoms with Gasteiger partial charge in [-0.3, -0.25) is 4.79 Å². The number of ether oxygens (including phenoxy) is 1. The predicted octanol–water partition coefficient (Wildman–Crippen LogP) is 4.41. The minimum Gasteiger partial charge on any atom is -0.468 e. The molecule has 27 heavy (non-hydrogen) atoms. The van der Waals surface area contributed by atoms with Gasteiger partial charge in [-0.25, -0.2) is 9.97 Å². The smallest absolute Gasteiger partial charge is 0.417 e. The second-order valence-electron chi connectivity index (χ2n) is 5.94. The number of carbonyl (C=O) groups excluding carboxylic acids is 1. The number of hydrogen-bond acceptors (Lipinski definition) is 4. The standard InChI is InChI=1S/C18H15ClF3N3O2/c1-2-15(26)24-12-5-6-13(17-11(12)4-7-14(19)25-17)27-16-8-3-10(9-23-16)18(20,21)22/h2-4,7-9,12-13H,1,5-6H2,(H,24,26). The fourth-order valence-electron chi connectivity index (χ4n) is 2.88. The van der Waals surface area contributed by atoms with E-state index in [1.165, 1.54) is 12.1 Å². The van der Waals surface area contributed by atoms with E-state index in [1.807, 2.05) is 0 Å². The van der Waals surface area contributed by atoms with Crippen LogP contribution in [0.2, 0.25) is 5.15 Å². The van der Waals surface area contributed by atoms with Crippen molar-refractivity contribution in [2.75, 3.05) is 0 Å². The van der Waals surface area contributed by atoms with E-state index in [1.54, 1.807) is 12.1 Å². The summed E-state index contributed by atoms with van der Waals surface area (Å²) < 4.78 is 43.7. The predicted molar refractivity (Wildman–Crippen MR) is 92.2 cm³/mol. The molecule has 3 rings (SSSR count). The van der Waals surface area contributed by atoms with Gasteiger partial charge in [0.05, 0.1) is 17.3 Å². The summed E-state index contributed by atoms with van der Waals surface area (Å²) in [7, 11) is 0. The number of halogens is 4. The highest BCUT2D eigenvalue weighted by atomic mass is 35.5. The third-order valence-corrected chi connectivity index (χ3v) is 4.36. The Morgan fingerprint density at radius 3 is 2.70 bits per heavy atom. The zero-order valence-electron chi connectivity index (χ0n) is 14.0. The molecule has 0 bridgehead atoms. The van der Waals surface area contributed by atoms with Gasteiger partial charge in [0.2, 0.25) is 11.8 Å². The average molecular weight is 398 g/mol. The Hall–Kier alpha value is -2.61. The Morgan fingerprint density at radius 1 is 1.30 bits per heavy atom. The summed E-state index contributed by atoms with van der Waals surface area (Å²) in [6.07, 6.45) is -2.07. The first-order valence-electron chi connectivity index (χ1n) is 8.07. The summed E-state index contributed by atoms with van der Waals surface area (Å²) >= 11 is 5.99. The average Bonchev–Trinajstić information content (AvgIpc) is 2.63. The van der Waals surface area contributed by atoms with E-state index in [0.29, 0.717) is 18.5 Å². The quantitative estimate of drug-likeness (QED) is 0.613. The lowest BCUT2D eigenvalue weighted by Gasteiger charge is -2.31. The molecule has 0 saturated carbocycles. The molecule has 0 aromatic carbocycles. The molecular weight excluding hydrogens is 383 g/mol. The van der Waals surface area contributed by atoms with Gasteiger partial charge in [-0.1, -0.05) is 24.2 Å². The number of alkyl halides is 3. The van der Waals surface area contributed by atoms with Crippen LogP contribution >= 0.6 is 11.6 Å². The second-order valence-corrected chi connectivity index (χ2v) is 6.33. The molecule has 0 spiro atoms. The molecular formula is C18H15ClF3N3O2. The molecule has 0 aliphatic heterocycles. The van der Waals surface area contributed by atoms with Crippen molar-refractivity contribution in [2.45, 2.75) is 31.2 Å². The Labute approximate surface area is 158 Å². The van der Waals surface area contributed by atoms with Crippen LogP contribution in [0.25, 0.3) is 0 Å². The monoisotopic (exact) mass is 397 g/mol. The minimum atomic E-state index is -4.46. The molecule has 2 atom stereocenters. The van der Waals surface area contributed by atoms with Crippen molar-refractivity contribution >= 4 is 17.5 Å². The van der Waals surface area contributed by atoms with Crippen molar-refractivity contribution in [1.29, 1.82) is 0 Å². The fraction of sp³-hybridized carbons (Fsp3) is 0.278. The van der Waals surface area contributed by atoms with Crippen molar-refractivity contribution in [3.63, 3.8) is 0 Å².